The van der Waals surface area contributed by atoms with Crippen LogP contribution in [0, 0.1) is 6.92 Å². The van der Waals surface area contributed by atoms with E-state index in [0.29, 0.717) is 17.0 Å². The predicted molar refractivity (Wildman–Crippen MR) is 97.7 cm³/mol. The van der Waals surface area contributed by atoms with Gasteiger partial charge in [0.1, 0.15) is 5.04 Å². The Labute approximate surface area is 146 Å². The zero-order chi connectivity index (χ0) is 17.6. The highest BCUT2D eigenvalue weighted by atomic mass is 32.2. The highest BCUT2D eigenvalue weighted by Gasteiger charge is 2.20. The quantitative estimate of drug-likeness (QED) is 0.692. The molecule has 2 rings (SSSR count). The smallest absolute Gasteiger partial charge is 0.291 e. The third kappa shape index (κ3) is 4.58. The monoisotopic (exact) mass is 364 g/mol. The number of nitrogens with zero attached hydrogens (tertiary/aromatic N) is 1. The minimum Gasteiger partial charge on any atom is -0.291 e. The van der Waals surface area contributed by atoms with Gasteiger partial charge in [-0.3, -0.25) is 9.08 Å². The summed E-state index contributed by atoms with van der Waals surface area (Å²) in [5, 5.41) is 6.00. The average molecular weight is 364 g/mol. The van der Waals surface area contributed by atoms with Crippen molar-refractivity contribution in [2.45, 2.75) is 26.7 Å². The maximum Gasteiger partial charge on any atom is 0.328 e. The molecule has 5 nitrogen and oxygen atoms in total. The van der Waals surface area contributed by atoms with E-state index in [2.05, 4.69) is 5.16 Å². The number of hydrogen-bond donors (Lipinski definition) is 0. The van der Waals surface area contributed by atoms with Crippen LogP contribution in [0.2, 0.25) is 0 Å². The molecule has 0 N–H and O–H groups in total. The minimum atomic E-state index is -3.68. The first-order valence-electron chi connectivity index (χ1n) is 7.45. The second-order valence-corrected chi connectivity index (χ2v) is 7.75. The minimum absolute atomic E-state index is 0.0891. The molecule has 0 aromatic heterocycles. The van der Waals surface area contributed by atoms with Crippen LogP contribution in [0.15, 0.2) is 46.5 Å². The predicted octanol–water partition coefficient (Wildman–Crippen LogP) is 3.58. The number of aryl methyl sites for hydroxylation is 1. The van der Waals surface area contributed by atoms with E-state index in [-0.39, 0.29) is 12.2 Å². The largest absolute Gasteiger partial charge is 0.328 e. The Balaban J connectivity index is 2.44. The lowest BCUT2D eigenvalue weighted by Gasteiger charge is -2.11. The molecule has 7 heteroatoms. The molecule has 0 atom stereocenters. The van der Waals surface area contributed by atoms with Crippen molar-refractivity contribution in [2.24, 2.45) is 5.16 Å². The number of oxime groups is 1. The van der Waals surface area contributed by atoms with E-state index in [1.807, 2.05) is 37.5 Å². The Kier molecular flexibility index (Phi) is 6.39. The molecular formula is C17H18NO4S2. The molecule has 1 aromatic carbocycles. The lowest BCUT2D eigenvalue weighted by molar-refractivity contribution is 0.340. The van der Waals surface area contributed by atoms with Crippen molar-refractivity contribution in [3.63, 3.8) is 0 Å². The summed E-state index contributed by atoms with van der Waals surface area (Å²) in [6.45, 7) is 3.70. The first-order valence-corrected chi connectivity index (χ1v) is 9.91. The molecule has 127 valence electrons. The van der Waals surface area contributed by atoms with Crippen molar-refractivity contribution in [1.82, 2.24) is 0 Å². The molecule has 1 aliphatic rings. The zero-order valence-corrected chi connectivity index (χ0v) is 15.1. The van der Waals surface area contributed by atoms with E-state index in [0.717, 1.165) is 16.7 Å². The van der Waals surface area contributed by atoms with Crippen LogP contribution in [0.3, 0.4) is 0 Å². The first kappa shape index (κ1) is 18.5. The van der Waals surface area contributed by atoms with Gasteiger partial charge in [0, 0.05) is 12.0 Å². The molecule has 0 saturated heterocycles. The second kappa shape index (κ2) is 8.30. The van der Waals surface area contributed by atoms with Gasteiger partial charge in [-0.2, -0.15) is 8.42 Å². The third-order valence-electron chi connectivity index (χ3n) is 3.38. The molecule has 1 heterocycles. The van der Waals surface area contributed by atoms with Gasteiger partial charge < -0.3 is 0 Å². The molecule has 1 aromatic rings. The highest BCUT2D eigenvalue weighted by Crippen LogP contribution is 2.33. The van der Waals surface area contributed by atoms with E-state index in [4.69, 9.17) is 4.28 Å². The molecule has 0 unspecified atom stereocenters. The van der Waals surface area contributed by atoms with Crippen LogP contribution in [-0.2, 0) is 19.2 Å². The molecule has 1 aliphatic heterocycles. The number of hydrogen-bond acceptors (Lipinski definition) is 6. The maximum absolute atomic E-state index is 11.7. The molecule has 0 bridgehead atoms. The van der Waals surface area contributed by atoms with Crippen molar-refractivity contribution >= 4 is 38.8 Å². The van der Waals surface area contributed by atoms with E-state index in [1.54, 1.807) is 18.4 Å². The van der Waals surface area contributed by atoms with Crippen LogP contribution < -0.4 is 0 Å². The van der Waals surface area contributed by atoms with Gasteiger partial charge in [0.05, 0.1) is 5.75 Å². The van der Waals surface area contributed by atoms with Crippen LogP contribution in [0.5, 0.6) is 0 Å². The Morgan fingerprint density at radius 1 is 1.33 bits per heavy atom. The van der Waals surface area contributed by atoms with E-state index in [9.17, 15) is 13.2 Å². The molecule has 0 spiro atoms. The number of thioether (sulfide) groups is 1. The SMILES string of the molecule is CCCS(=O)(=O)ON=C1SC=CC1=C(C[C]=O)c1ccccc1C. The molecule has 1 radical (unpaired) electrons. The van der Waals surface area contributed by atoms with Crippen LogP contribution in [0.4, 0.5) is 0 Å². The number of allylic oxidation sites excluding steroid dienone is 2. The fourth-order valence-electron chi connectivity index (χ4n) is 2.30. The Morgan fingerprint density at radius 2 is 2.08 bits per heavy atom. The number of carbonyl (C=O) groups excluding carboxylic acids is 1. The van der Waals surface area contributed by atoms with Crippen molar-refractivity contribution in [1.29, 1.82) is 0 Å². The van der Waals surface area contributed by atoms with Gasteiger partial charge in [-0.15, -0.1) is 0 Å². The molecule has 24 heavy (non-hydrogen) atoms. The lowest BCUT2D eigenvalue weighted by Crippen LogP contribution is -2.08. The maximum atomic E-state index is 11.7. The van der Waals surface area contributed by atoms with E-state index < -0.39 is 10.1 Å². The summed E-state index contributed by atoms with van der Waals surface area (Å²) in [5.74, 6) is -0.0896. The van der Waals surface area contributed by atoms with Gasteiger partial charge in [-0.05, 0) is 41.5 Å². The third-order valence-corrected chi connectivity index (χ3v) is 5.38. The first-order chi connectivity index (χ1) is 11.5. The zero-order valence-electron chi connectivity index (χ0n) is 13.5. The Morgan fingerprint density at radius 3 is 2.75 bits per heavy atom. The Bertz CT molecular complexity index is 808. The second-order valence-electron chi connectivity index (χ2n) is 5.18. The summed E-state index contributed by atoms with van der Waals surface area (Å²) >= 11 is 1.26. The molecule has 0 amide bonds. The standard InChI is InChI=1S/C17H18NO4S2/c1-3-12-24(20,21)22-18-17-16(9-11-23-17)15(8-10-19)14-7-5-4-6-13(14)2/h4-7,9,11H,3,8,12H2,1-2H3. The van der Waals surface area contributed by atoms with Gasteiger partial charge >= 0.3 is 10.1 Å². The van der Waals surface area contributed by atoms with Gasteiger partial charge in [0.15, 0.2) is 0 Å². The van der Waals surface area contributed by atoms with E-state index >= 15 is 0 Å². The summed E-state index contributed by atoms with van der Waals surface area (Å²) < 4.78 is 28.1. The van der Waals surface area contributed by atoms with Crippen LogP contribution in [0.1, 0.15) is 30.9 Å². The van der Waals surface area contributed by atoms with Gasteiger partial charge in [-0.1, -0.05) is 48.1 Å². The van der Waals surface area contributed by atoms with Gasteiger partial charge in [-0.25, -0.2) is 0 Å². The molecule has 0 aliphatic carbocycles. The molecule has 0 saturated carbocycles. The van der Waals surface area contributed by atoms with Crippen molar-refractivity contribution in [3.8, 4) is 0 Å². The van der Waals surface area contributed by atoms with E-state index in [1.165, 1.54) is 11.8 Å². The van der Waals surface area contributed by atoms with Gasteiger partial charge in [0.2, 0.25) is 6.29 Å². The fourth-order valence-corrected chi connectivity index (χ4v) is 3.84. The fraction of sp³-hybridized carbons (Fsp3) is 0.294. The lowest BCUT2D eigenvalue weighted by atomic mass is 9.94. The summed E-state index contributed by atoms with van der Waals surface area (Å²) in [6, 6.07) is 7.67. The van der Waals surface area contributed by atoms with Crippen molar-refractivity contribution in [2.75, 3.05) is 5.75 Å². The normalized spacial score (nSPS) is 18.0. The van der Waals surface area contributed by atoms with Gasteiger partial charge in [0.25, 0.3) is 0 Å². The van der Waals surface area contributed by atoms with Crippen molar-refractivity contribution in [3.05, 3.63) is 52.4 Å². The Hall–Kier alpha value is -1.86. The summed E-state index contributed by atoms with van der Waals surface area (Å²) in [6.07, 6.45) is 4.27. The summed E-state index contributed by atoms with van der Waals surface area (Å²) in [5.41, 5.74) is 3.36. The summed E-state index contributed by atoms with van der Waals surface area (Å²) in [7, 11) is -3.68. The van der Waals surface area contributed by atoms with Crippen molar-refractivity contribution < 1.29 is 17.5 Å². The molecular weight excluding hydrogens is 346 g/mol. The van der Waals surface area contributed by atoms with Crippen LogP contribution in [0.25, 0.3) is 5.57 Å². The number of rotatable bonds is 7. The topological polar surface area (TPSA) is 72.8 Å². The van der Waals surface area contributed by atoms with Crippen LogP contribution in [-0.4, -0.2) is 25.5 Å². The highest BCUT2D eigenvalue weighted by molar-refractivity contribution is 8.17. The number of benzene rings is 1. The summed E-state index contributed by atoms with van der Waals surface area (Å²) in [4.78, 5) is 11.0. The average Bonchev–Trinajstić information content (AvgIpc) is 3.00. The molecule has 0 fully saturated rings. The van der Waals surface area contributed by atoms with Crippen LogP contribution >= 0.6 is 11.8 Å².